The summed E-state index contributed by atoms with van der Waals surface area (Å²) in [4.78, 5) is 14.3. The van der Waals surface area contributed by atoms with Gasteiger partial charge in [0.2, 0.25) is 24.5 Å². The molecule has 3 aromatic rings. The number of fused-ring (bicyclic) bond motifs is 1. The monoisotopic (exact) mass is 383 g/mol. The van der Waals surface area contributed by atoms with E-state index in [1.54, 1.807) is 17.2 Å². The first-order valence-electron chi connectivity index (χ1n) is 9.20. The molecule has 0 bridgehead atoms. The number of hydrogen-bond donors (Lipinski definition) is 0. The second-order valence-corrected chi connectivity index (χ2v) is 6.31. The van der Waals surface area contributed by atoms with Crippen molar-refractivity contribution in [2.75, 3.05) is 19.9 Å². The van der Waals surface area contributed by atoms with E-state index in [-0.39, 0.29) is 12.7 Å². The van der Waals surface area contributed by atoms with E-state index in [1.807, 2.05) is 36.0 Å². The summed E-state index contributed by atoms with van der Waals surface area (Å²) in [6.07, 6.45) is 4.32. The molecule has 1 amide bonds. The molecular weight excluding hydrogens is 362 g/mol. The lowest BCUT2D eigenvalue weighted by atomic mass is 10.2. The summed E-state index contributed by atoms with van der Waals surface area (Å²) in [5.41, 5.74) is 0.753. The van der Waals surface area contributed by atoms with Crippen LogP contribution >= 0.6 is 0 Å². The number of benzene rings is 1. The normalized spacial score (nSPS) is 12.3. The van der Waals surface area contributed by atoms with Gasteiger partial charge in [-0.1, -0.05) is 0 Å². The number of ether oxygens (including phenoxy) is 2. The number of carbonyl (C=O) groups excluding carboxylic acids is 1. The summed E-state index contributed by atoms with van der Waals surface area (Å²) in [5, 5.41) is 12.3. The van der Waals surface area contributed by atoms with Crippen molar-refractivity contribution in [1.29, 1.82) is 0 Å². The zero-order valence-corrected chi connectivity index (χ0v) is 15.6. The number of amides is 1. The number of likely N-dealkylation sites (N-methyl/N-ethyl adjacent to an activating group) is 1. The van der Waals surface area contributed by atoms with Gasteiger partial charge in [-0.05, 0) is 31.2 Å². The lowest BCUT2D eigenvalue weighted by Gasteiger charge is -2.20. The van der Waals surface area contributed by atoms with Crippen LogP contribution in [0, 0.1) is 0 Å². The van der Waals surface area contributed by atoms with Gasteiger partial charge in [-0.2, -0.15) is 5.10 Å². The molecule has 0 aliphatic carbocycles. The van der Waals surface area contributed by atoms with Crippen LogP contribution in [0.1, 0.15) is 19.2 Å². The van der Waals surface area contributed by atoms with Gasteiger partial charge >= 0.3 is 0 Å². The Bertz CT molecular complexity index is 938. The van der Waals surface area contributed by atoms with Gasteiger partial charge in [-0.15, -0.1) is 10.2 Å². The summed E-state index contributed by atoms with van der Waals surface area (Å²) in [7, 11) is 0. The molecule has 9 heteroatoms. The molecule has 146 valence electrons. The molecule has 0 saturated carbocycles. The van der Waals surface area contributed by atoms with Gasteiger partial charge in [0.1, 0.15) is 0 Å². The molecule has 9 nitrogen and oxygen atoms in total. The largest absolute Gasteiger partial charge is 0.454 e. The molecule has 1 aliphatic rings. The van der Waals surface area contributed by atoms with Crippen LogP contribution in [0.15, 0.2) is 41.1 Å². The van der Waals surface area contributed by atoms with Gasteiger partial charge in [0.05, 0.1) is 6.54 Å². The number of aryl methyl sites for hydroxylation is 1. The van der Waals surface area contributed by atoms with Gasteiger partial charge in [0, 0.05) is 43.9 Å². The van der Waals surface area contributed by atoms with Gasteiger partial charge in [0.25, 0.3) is 0 Å². The maximum absolute atomic E-state index is 12.5. The summed E-state index contributed by atoms with van der Waals surface area (Å²) in [6.45, 7) is 4.10. The molecule has 4 rings (SSSR count). The van der Waals surface area contributed by atoms with Gasteiger partial charge in [-0.3, -0.25) is 9.48 Å². The highest BCUT2D eigenvalue weighted by Gasteiger charge is 2.18. The highest BCUT2D eigenvalue weighted by atomic mass is 16.7. The smallest absolute Gasteiger partial charge is 0.247 e. The molecule has 0 N–H and O–H groups in total. The topological polar surface area (TPSA) is 95.5 Å². The fourth-order valence-electron chi connectivity index (χ4n) is 2.99. The Balaban J connectivity index is 1.32. The average Bonchev–Trinajstić information content (AvgIpc) is 3.47. The van der Waals surface area contributed by atoms with Gasteiger partial charge < -0.3 is 18.8 Å². The van der Waals surface area contributed by atoms with Crippen molar-refractivity contribution < 1.29 is 18.7 Å². The van der Waals surface area contributed by atoms with E-state index >= 15 is 0 Å². The third-order valence-corrected chi connectivity index (χ3v) is 4.53. The van der Waals surface area contributed by atoms with E-state index in [1.165, 1.54) is 0 Å². The van der Waals surface area contributed by atoms with Crippen molar-refractivity contribution >= 4 is 5.91 Å². The zero-order chi connectivity index (χ0) is 19.3. The van der Waals surface area contributed by atoms with Gasteiger partial charge in [0.15, 0.2) is 11.5 Å². The van der Waals surface area contributed by atoms with E-state index < -0.39 is 0 Å². The fraction of sp³-hybridized carbons (Fsp3) is 0.368. The Hall–Kier alpha value is -3.36. The van der Waals surface area contributed by atoms with E-state index in [9.17, 15) is 4.79 Å². The highest BCUT2D eigenvalue weighted by Crippen LogP contribution is 2.35. The van der Waals surface area contributed by atoms with Crippen molar-refractivity contribution in [3.8, 4) is 23.0 Å². The molecule has 0 fully saturated rings. The lowest BCUT2D eigenvalue weighted by Crippen LogP contribution is -2.34. The maximum atomic E-state index is 12.5. The molecule has 0 saturated heterocycles. The van der Waals surface area contributed by atoms with E-state index in [2.05, 4.69) is 15.3 Å². The molecule has 2 aromatic heterocycles. The van der Waals surface area contributed by atoms with Crippen molar-refractivity contribution in [2.45, 2.75) is 26.3 Å². The Morgan fingerprint density at radius 2 is 2.14 bits per heavy atom. The van der Waals surface area contributed by atoms with Crippen molar-refractivity contribution in [3.05, 3.63) is 42.5 Å². The number of hydrogen-bond acceptors (Lipinski definition) is 7. The lowest BCUT2D eigenvalue weighted by molar-refractivity contribution is -0.131. The number of aromatic nitrogens is 4. The van der Waals surface area contributed by atoms with Gasteiger partial charge in [-0.25, -0.2) is 0 Å². The Kier molecular flexibility index (Phi) is 5.22. The number of nitrogens with zero attached hydrogens (tertiary/aromatic N) is 5. The van der Waals surface area contributed by atoms with E-state index in [0.717, 1.165) is 5.56 Å². The molecule has 0 unspecified atom stereocenters. The zero-order valence-electron chi connectivity index (χ0n) is 15.6. The quantitative estimate of drug-likeness (QED) is 0.588. The highest BCUT2D eigenvalue weighted by molar-refractivity contribution is 5.76. The summed E-state index contributed by atoms with van der Waals surface area (Å²) in [6, 6.07) is 7.32. The van der Waals surface area contributed by atoms with Crippen LogP contribution in [0.3, 0.4) is 0 Å². The first-order chi connectivity index (χ1) is 13.7. The molecule has 0 radical (unpaired) electrons. The third kappa shape index (κ3) is 3.98. The maximum Gasteiger partial charge on any atom is 0.247 e. The molecule has 1 aromatic carbocycles. The first-order valence-corrected chi connectivity index (χ1v) is 9.20. The van der Waals surface area contributed by atoms with Crippen molar-refractivity contribution in [2.24, 2.45) is 0 Å². The molecule has 0 spiro atoms. The van der Waals surface area contributed by atoms with Crippen LogP contribution in [0.5, 0.6) is 11.5 Å². The van der Waals surface area contributed by atoms with Crippen LogP contribution < -0.4 is 9.47 Å². The predicted octanol–water partition coefficient (Wildman–Crippen LogP) is 2.14. The van der Waals surface area contributed by atoms with Crippen LogP contribution in [-0.4, -0.2) is 50.7 Å². The van der Waals surface area contributed by atoms with Crippen molar-refractivity contribution in [1.82, 2.24) is 24.9 Å². The standard InChI is InChI=1S/C19H21N5O4/c1-2-23(10-11-24-9-3-8-20-24)18(25)7-6-17-21-22-19(28-17)14-4-5-15-16(12-14)27-13-26-15/h3-5,8-9,12H,2,6-7,10-11,13H2,1H3. The Labute approximate surface area is 161 Å². The Morgan fingerprint density at radius 3 is 2.96 bits per heavy atom. The minimum Gasteiger partial charge on any atom is -0.454 e. The SMILES string of the molecule is CCN(CCn1cccn1)C(=O)CCc1nnc(-c2ccc3c(c2)OCO3)o1. The van der Waals surface area contributed by atoms with E-state index in [0.29, 0.717) is 55.8 Å². The molecule has 1 aliphatic heterocycles. The third-order valence-electron chi connectivity index (χ3n) is 4.53. The minimum absolute atomic E-state index is 0.0532. The van der Waals surface area contributed by atoms with Crippen LogP contribution in [0.2, 0.25) is 0 Å². The van der Waals surface area contributed by atoms with Crippen LogP contribution in [-0.2, 0) is 17.8 Å². The van der Waals surface area contributed by atoms with E-state index in [4.69, 9.17) is 13.9 Å². The Morgan fingerprint density at radius 1 is 1.25 bits per heavy atom. The number of rotatable bonds is 8. The number of carbonyl (C=O) groups is 1. The second kappa shape index (κ2) is 8.12. The predicted molar refractivity (Wildman–Crippen MR) is 98.7 cm³/mol. The van der Waals surface area contributed by atoms with Crippen LogP contribution in [0.4, 0.5) is 0 Å². The molecular formula is C19H21N5O4. The molecule has 3 heterocycles. The van der Waals surface area contributed by atoms with Crippen LogP contribution in [0.25, 0.3) is 11.5 Å². The fourth-order valence-corrected chi connectivity index (χ4v) is 2.99. The summed E-state index contributed by atoms with van der Waals surface area (Å²) >= 11 is 0. The molecule has 28 heavy (non-hydrogen) atoms. The average molecular weight is 383 g/mol. The minimum atomic E-state index is 0.0532. The molecule has 0 atom stereocenters. The first kappa shape index (κ1) is 18.0. The van der Waals surface area contributed by atoms with Crippen molar-refractivity contribution in [3.63, 3.8) is 0 Å². The summed E-state index contributed by atoms with van der Waals surface area (Å²) < 4.78 is 18.2. The second-order valence-electron chi connectivity index (χ2n) is 6.31. The summed E-state index contributed by atoms with van der Waals surface area (Å²) in [5.74, 6) is 2.24.